The molecule has 9 heteroatoms. The van der Waals surface area contributed by atoms with Crippen LogP contribution in [0, 0.1) is 41.4 Å². The van der Waals surface area contributed by atoms with Crippen molar-refractivity contribution >= 4 is 8.32 Å². The number of rotatable bonds is 3. The summed E-state index contributed by atoms with van der Waals surface area (Å²) in [6.07, 6.45) is -8.04. The summed E-state index contributed by atoms with van der Waals surface area (Å²) in [5.41, 5.74) is -4.57. The van der Waals surface area contributed by atoms with E-state index in [0.29, 0.717) is 30.1 Å². The summed E-state index contributed by atoms with van der Waals surface area (Å²) in [7, 11) is 0.639. The molecule has 29 heavy (non-hydrogen) atoms. The Morgan fingerprint density at radius 2 is 1.31 bits per heavy atom. The molecule has 4 aliphatic carbocycles. The molecule has 7 unspecified atom stereocenters. The molecule has 0 aromatic rings. The fourth-order valence-electron chi connectivity index (χ4n) is 6.71. The van der Waals surface area contributed by atoms with E-state index in [4.69, 9.17) is 4.43 Å². The molecular weight excluding hydrogens is 414 g/mol. The maximum Gasteiger partial charge on any atom is 0.426 e. The Bertz CT molecular complexity index is 585. The third-order valence-electron chi connectivity index (χ3n) is 7.98. The molecule has 0 aliphatic heterocycles. The normalized spacial score (nSPS) is 38.8. The lowest BCUT2D eigenvalue weighted by Gasteiger charge is -2.42. The van der Waals surface area contributed by atoms with Crippen LogP contribution in [0.25, 0.3) is 0 Å². The third kappa shape index (κ3) is 4.12. The molecule has 4 fully saturated rings. The van der Waals surface area contributed by atoms with Gasteiger partial charge in [-0.15, -0.1) is 0 Å². The van der Waals surface area contributed by atoms with Gasteiger partial charge in [0.15, 0.2) is 8.32 Å². The van der Waals surface area contributed by atoms with Gasteiger partial charge in [-0.2, -0.15) is 26.3 Å². The zero-order chi connectivity index (χ0) is 22.0. The summed E-state index contributed by atoms with van der Waals surface area (Å²) in [6.45, 7) is 6.48. The maximum atomic E-state index is 12.9. The summed E-state index contributed by atoms with van der Waals surface area (Å²) in [5, 5.41) is 9.50. The Balaban J connectivity index is 0.000000353. The number of alkyl halides is 6. The molecule has 0 amide bonds. The van der Waals surface area contributed by atoms with Crippen LogP contribution in [-0.4, -0.2) is 38.5 Å². The van der Waals surface area contributed by atoms with Gasteiger partial charge in [0.2, 0.25) is 0 Å². The number of hydrogen-bond donors (Lipinski definition) is 1. The van der Waals surface area contributed by atoms with Gasteiger partial charge in [0.1, 0.15) is 0 Å². The van der Waals surface area contributed by atoms with Crippen LogP contribution in [-0.2, 0) is 4.43 Å². The smallest absolute Gasteiger partial charge is 0.421 e. The Morgan fingerprint density at radius 1 is 0.828 bits per heavy atom. The Morgan fingerprint density at radius 3 is 1.76 bits per heavy atom. The van der Waals surface area contributed by atoms with Crippen molar-refractivity contribution in [1.82, 2.24) is 0 Å². The summed E-state index contributed by atoms with van der Waals surface area (Å²) >= 11 is 0. The van der Waals surface area contributed by atoms with E-state index in [2.05, 4.69) is 19.6 Å². The second-order valence-corrected chi connectivity index (χ2v) is 15.2. The van der Waals surface area contributed by atoms with Crippen LogP contribution in [0.4, 0.5) is 26.3 Å². The highest BCUT2D eigenvalue weighted by Gasteiger charge is 2.72. The standard InChI is InChI=1S/C16H20F6O.C4H12OSi/c17-15(18,19)14(23,16(20,21)22)6-10-4-9-5-11(10)13-8-2-1-7(3-8)12(9)13;1-5-6(2,3)4/h7-13,23H,1-6H2;1-4H3. The Kier molecular flexibility index (Phi) is 5.96. The zero-order valence-electron chi connectivity index (χ0n) is 17.4. The molecule has 0 spiro atoms. The lowest BCUT2D eigenvalue weighted by molar-refractivity contribution is -0.373. The van der Waals surface area contributed by atoms with Crippen LogP contribution in [0.15, 0.2) is 0 Å². The molecule has 0 heterocycles. The first-order chi connectivity index (χ1) is 13.1. The zero-order valence-corrected chi connectivity index (χ0v) is 18.4. The molecule has 7 atom stereocenters. The topological polar surface area (TPSA) is 29.5 Å². The molecule has 4 aliphatic rings. The van der Waals surface area contributed by atoms with Crippen LogP contribution >= 0.6 is 0 Å². The minimum absolute atomic E-state index is 0.0588. The highest BCUT2D eigenvalue weighted by Crippen LogP contribution is 2.70. The van der Waals surface area contributed by atoms with E-state index in [-0.39, 0.29) is 11.8 Å². The first kappa shape index (κ1) is 23.4. The molecule has 4 rings (SSSR count). The minimum atomic E-state index is -5.68. The van der Waals surface area contributed by atoms with Crippen molar-refractivity contribution in [1.29, 1.82) is 0 Å². The summed E-state index contributed by atoms with van der Waals surface area (Å²) in [5.74, 6) is 1.53. The first-order valence-electron chi connectivity index (χ1n) is 10.5. The predicted octanol–water partition coefficient (Wildman–Crippen LogP) is 6.02. The van der Waals surface area contributed by atoms with Gasteiger partial charge in [0.05, 0.1) is 0 Å². The molecular formula is C20H32F6O2Si. The SMILES string of the molecule is CO[Si](C)(C)C.OC(CC1CC2CC1C1C3CCC(C3)C21)(C(F)(F)F)C(F)(F)F. The van der Waals surface area contributed by atoms with E-state index in [1.165, 1.54) is 6.42 Å². The van der Waals surface area contributed by atoms with Crippen LogP contribution < -0.4 is 0 Å². The van der Waals surface area contributed by atoms with Gasteiger partial charge in [-0.05, 0) is 99.6 Å². The van der Waals surface area contributed by atoms with Crippen molar-refractivity contribution in [2.75, 3.05) is 7.11 Å². The fourth-order valence-corrected chi connectivity index (χ4v) is 6.71. The first-order valence-corrected chi connectivity index (χ1v) is 13.9. The van der Waals surface area contributed by atoms with Crippen LogP contribution in [0.2, 0.25) is 19.6 Å². The van der Waals surface area contributed by atoms with Gasteiger partial charge in [-0.3, -0.25) is 0 Å². The quantitative estimate of drug-likeness (QED) is 0.326. The molecule has 0 radical (unpaired) electrons. The van der Waals surface area contributed by atoms with Crippen LogP contribution in [0.5, 0.6) is 0 Å². The van der Waals surface area contributed by atoms with Gasteiger partial charge in [0.25, 0.3) is 5.60 Å². The fraction of sp³-hybridized carbons (Fsp3) is 1.00. The number of aliphatic hydroxyl groups is 1. The van der Waals surface area contributed by atoms with Gasteiger partial charge in [-0.1, -0.05) is 0 Å². The molecule has 170 valence electrons. The van der Waals surface area contributed by atoms with E-state index >= 15 is 0 Å². The molecule has 2 nitrogen and oxygen atoms in total. The van der Waals surface area contributed by atoms with Crippen molar-refractivity contribution in [2.24, 2.45) is 41.4 Å². The summed E-state index contributed by atoms with van der Waals surface area (Å²) in [6, 6.07) is 0. The molecule has 0 saturated heterocycles. The van der Waals surface area contributed by atoms with Crippen molar-refractivity contribution < 1.29 is 35.9 Å². The van der Waals surface area contributed by atoms with Gasteiger partial charge in [-0.25, -0.2) is 0 Å². The van der Waals surface area contributed by atoms with Gasteiger partial charge < -0.3 is 9.53 Å². The average Bonchev–Trinajstić information content (AvgIpc) is 3.31. The van der Waals surface area contributed by atoms with Crippen molar-refractivity contribution in [3.8, 4) is 0 Å². The van der Waals surface area contributed by atoms with Crippen LogP contribution in [0.1, 0.15) is 38.5 Å². The Hall–Kier alpha value is -0.283. The van der Waals surface area contributed by atoms with Crippen molar-refractivity contribution in [2.45, 2.75) is 76.1 Å². The molecule has 0 aromatic heterocycles. The molecule has 4 saturated carbocycles. The predicted molar refractivity (Wildman–Crippen MR) is 99.5 cm³/mol. The second kappa shape index (κ2) is 7.40. The van der Waals surface area contributed by atoms with E-state index in [1.54, 1.807) is 7.11 Å². The third-order valence-corrected chi connectivity index (χ3v) is 9.20. The molecule has 4 bridgehead atoms. The lowest BCUT2D eigenvalue weighted by atomic mass is 9.65. The van der Waals surface area contributed by atoms with E-state index in [0.717, 1.165) is 19.3 Å². The number of hydrogen-bond acceptors (Lipinski definition) is 2. The second-order valence-electron chi connectivity index (χ2n) is 10.5. The summed E-state index contributed by atoms with van der Waals surface area (Å²) < 4.78 is 82.7. The van der Waals surface area contributed by atoms with E-state index < -0.39 is 38.6 Å². The van der Waals surface area contributed by atoms with Crippen LogP contribution in [0.3, 0.4) is 0 Å². The number of fused-ring (bicyclic) bond motifs is 9. The average molecular weight is 447 g/mol. The highest BCUT2D eigenvalue weighted by molar-refractivity contribution is 6.69. The highest BCUT2D eigenvalue weighted by atomic mass is 28.4. The van der Waals surface area contributed by atoms with E-state index in [9.17, 15) is 31.4 Å². The lowest BCUT2D eigenvalue weighted by Crippen LogP contribution is -2.58. The van der Waals surface area contributed by atoms with Crippen molar-refractivity contribution in [3.05, 3.63) is 0 Å². The minimum Gasteiger partial charge on any atom is -0.421 e. The molecule has 1 N–H and O–H groups in total. The monoisotopic (exact) mass is 446 g/mol. The van der Waals surface area contributed by atoms with Gasteiger partial charge >= 0.3 is 12.4 Å². The molecule has 0 aromatic carbocycles. The summed E-state index contributed by atoms with van der Waals surface area (Å²) in [4.78, 5) is 0. The van der Waals surface area contributed by atoms with Gasteiger partial charge in [0, 0.05) is 7.11 Å². The largest absolute Gasteiger partial charge is 0.426 e. The maximum absolute atomic E-state index is 12.9. The number of halogens is 6. The van der Waals surface area contributed by atoms with Crippen molar-refractivity contribution in [3.63, 3.8) is 0 Å². The van der Waals surface area contributed by atoms with E-state index in [1.807, 2.05) is 0 Å². The Labute approximate surface area is 169 Å².